The number of nitrogens with zero attached hydrogens (tertiary/aromatic N) is 2. The van der Waals surface area contributed by atoms with Gasteiger partial charge in [0.2, 0.25) is 0 Å². The maximum Gasteiger partial charge on any atom is 0.327 e. The Labute approximate surface area is 75.2 Å². The van der Waals surface area contributed by atoms with Gasteiger partial charge in [-0.1, -0.05) is 0 Å². The van der Waals surface area contributed by atoms with Crippen LogP contribution in [-0.2, 0) is 18.9 Å². The third-order valence-corrected chi connectivity index (χ3v) is 2.12. The number of carboxylic acid groups (broad SMARTS) is 1. The molecule has 0 spiro atoms. The summed E-state index contributed by atoms with van der Waals surface area (Å²) < 4.78 is 2.72. The first-order valence-corrected chi connectivity index (χ1v) is 3.90. The number of carboxylic acids is 1. The lowest BCUT2D eigenvalue weighted by atomic mass is 10.1. The summed E-state index contributed by atoms with van der Waals surface area (Å²) in [6.45, 7) is 1.55. The van der Waals surface area contributed by atoms with Crippen molar-refractivity contribution in [3.05, 3.63) is 22.4 Å². The molecule has 1 unspecified atom stereocenters. The lowest BCUT2D eigenvalue weighted by molar-refractivity contribution is -0.138. The van der Waals surface area contributed by atoms with Gasteiger partial charge < -0.3 is 9.67 Å². The lowest BCUT2D eigenvalue weighted by Gasteiger charge is -2.04. The summed E-state index contributed by atoms with van der Waals surface area (Å²) in [5.74, 6) is -1.58. The van der Waals surface area contributed by atoms with Crippen molar-refractivity contribution in [2.45, 2.75) is 12.8 Å². The van der Waals surface area contributed by atoms with Crippen LogP contribution in [0.1, 0.15) is 18.5 Å². The molecule has 5 heteroatoms. The van der Waals surface area contributed by atoms with E-state index in [1.54, 1.807) is 27.2 Å². The minimum atomic E-state index is -0.929. The molecule has 1 heterocycles. The molecule has 0 radical (unpaired) electrons. The minimum Gasteiger partial charge on any atom is -0.481 e. The molecule has 0 fully saturated rings. The second-order valence-corrected chi connectivity index (χ2v) is 3.07. The zero-order valence-corrected chi connectivity index (χ0v) is 7.81. The predicted molar refractivity (Wildman–Crippen MR) is 46.7 cm³/mol. The zero-order chi connectivity index (χ0) is 10.2. The van der Waals surface area contributed by atoms with Gasteiger partial charge in [0.25, 0.3) is 0 Å². The van der Waals surface area contributed by atoms with Crippen molar-refractivity contribution in [1.82, 2.24) is 9.13 Å². The van der Waals surface area contributed by atoms with Gasteiger partial charge in [-0.25, -0.2) is 4.79 Å². The van der Waals surface area contributed by atoms with Crippen LogP contribution in [0.25, 0.3) is 0 Å². The molecule has 0 saturated carbocycles. The van der Waals surface area contributed by atoms with Crippen molar-refractivity contribution < 1.29 is 9.90 Å². The highest BCUT2D eigenvalue weighted by Gasteiger charge is 2.18. The second-order valence-electron chi connectivity index (χ2n) is 3.07. The van der Waals surface area contributed by atoms with Gasteiger partial charge in [-0.2, -0.15) is 0 Å². The zero-order valence-electron chi connectivity index (χ0n) is 7.81. The lowest BCUT2D eigenvalue weighted by Crippen LogP contribution is -2.21. The Hall–Kier alpha value is -1.52. The summed E-state index contributed by atoms with van der Waals surface area (Å²) in [7, 11) is 3.16. The molecular formula is C8H12N2O3. The van der Waals surface area contributed by atoms with E-state index in [0.717, 1.165) is 0 Å². The molecule has 0 amide bonds. The molecule has 1 atom stereocenters. The molecule has 5 nitrogen and oxygen atoms in total. The normalized spacial score (nSPS) is 12.8. The van der Waals surface area contributed by atoms with Gasteiger partial charge in [0, 0.05) is 20.3 Å². The third kappa shape index (κ3) is 1.49. The summed E-state index contributed by atoms with van der Waals surface area (Å²) in [5.41, 5.74) is 0.308. The smallest absolute Gasteiger partial charge is 0.327 e. The summed E-state index contributed by atoms with van der Waals surface area (Å²) in [6.07, 6.45) is 1.54. The summed E-state index contributed by atoms with van der Waals surface area (Å²) in [6, 6.07) is 0. The average Bonchev–Trinajstić information content (AvgIpc) is 2.31. The molecule has 1 aromatic rings. The van der Waals surface area contributed by atoms with Crippen LogP contribution in [0.3, 0.4) is 0 Å². The van der Waals surface area contributed by atoms with Crippen molar-refractivity contribution in [2.24, 2.45) is 14.1 Å². The quantitative estimate of drug-likeness (QED) is 0.698. The Balaban J connectivity index is 3.24. The fourth-order valence-electron chi connectivity index (χ4n) is 1.22. The van der Waals surface area contributed by atoms with Crippen molar-refractivity contribution in [2.75, 3.05) is 0 Å². The fraction of sp³-hybridized carbons (Fsp3) is 0.500. The van der Waals surface area contributed by atoms with Crippen LogP contribution in [0.5, 0.6) is 0 Å². The maximum atomic E-state index is 11.2. The van der Waals surface area contributed by atoms with Crippen LogP contribution < -0.4 is 5.69 Å². The van der Waals surface area contributed by atoms with Crippen LogP contribution in [0, 0.1) is 0 Å². The summed E-state index contributed by atoms with van der Waals surface area (Å²) in [4.78, 5) is 21.9. The van der Waals surface area contributed by atoms with Gasteiger partial charge in [-0.15, -0.1) is 0 Å². The molecule has 0 aliphatic rings. The molecule has 1 N–H and O–H groups in total. The van der Waals surface area contributed by atoms with Crippen LogP contribution in [0.2, 0.25) is 0 Å². The highest BCUT2D eigenvalue weighted by atomic mass is 16.4. The molecular weight excluding hydrogens is 172 g/mol. The Morgan fingerprint density at radius 2 is 2.08 bits per heavy atom. The number of aryl methyl sites for hydroxylation is 1. The topological polar surface area (TPSA) is 64.2 Å². The predicted octanol–water partition coefficient (Wildman–Crippen LogP) is -0.0881. The first kappa shape index (κ1) is 9.57. The van der Waals surface area contributed by atoms with Gasteiger partial charge in [0.1, 0.15) is 0 Å². The van der Waals surface area contributed by atoms with E-state index in [4.69, 9.17) is 5.11 Å². The molecule has 72 valence electrons. The first-order valence-electron chi connectivity index (χ1n) is 3.90. The minimum absolute atomic E-state index is 0.205. The monoisotopic (exact) mass is 184 g/mol. The molecule has 0 saturated heterocycles. The van der Waals surface area contributed by atoms with E-state index in [1.807, 2.05) is 0 Å². The van der Waals surface area contributed by atoms with Crippen molar-refractivity contribution in [3.8, 4) is 0 Å². The summed E-state index contributed by atoms with van der Waals surface area (Å²) in [5, 5.41) is 8.74. The molecule has 0 bridgehead atoms. The van der Waals surface area contributed by atoms with E-state index in [9.17, 15) is 9.59 Å². The average molecular weight is 184 g/mol. The highest BCUT2D eigenvalue weighted by molar-refractivity contribution is 5.74. The van der Waals surface area contributed by atoms with Crippen LogP contribution in [-0.4, -0.2) is 20.2 Å². The first-order chi connectivity index (χ1) is 5.95. The molecule has 0 aromatic carbocycles. The van der Waals surface area contributed by atoms with Gasteiger partial charge in [0.15, 0.2) is 0 Å². The SMILES string of the molecule is CC(C(=O)O)c1cn(C)c(=O)n1C. The molecule has 0 aliphatic heterocycles. The third-order valence-electron chi connectivity index (χ3n) is 2.12. The van der Waals surface area contributed by atoms with Crippen LogP contribution >= 0.6 is 0 Å². The molecule has 1 rings (SSSR count). The Morgan fingerprint density at radius 3 is 2.38 bits per heavy atom. The van der Waals surface area contributed by atoms with Gasteiger partial charge in [-0.3, -0.25) is 9.36 Å². The van der Waals surface area contributed by atoms with Crippen molar-refractivity contribution >= 4 is 5.97 Å². The highest BCUT2D eigenvalue weighted by Crippen LogP contribution is 2.12. The Kier molecular flexibility index (Phi) is 2.27. The Bertz CT molecular complexity index is 389. The van der Waals surface area contributed by atoms with E-state index < -0.39 is 11.9 Å². The standard InChI is InChI=1S/C8H12N2O3/c1-5(7(11)12)6-4-9(2)8(13)10(6)3/h4-5H,1-3H3,(H,11,12). The van der Waals surface area contributed by atoms with Gasteiger partial charge >= 0.3 is 11.7 Å². The number of carbonyl (C=O) groups is 1. The van der Waals surface area contributed by atoms with Crippen LogP contribution in [0.15, 0.2) is 11.0 Å². The van der Waals surface area contributed by atoms with E-state index in [-0.39, 0.29) is 5.69 Å². The van der Waals surface area contributed by atoms with Crippen LogP contribution in [0.4, 0.5) is 0 Å². The number of imidazole rings is 1. The largest absolute Gasteiger partial charge is 0.481 e. The fourth-order valence-corrected chi connectivity index (χ4v) is 1.22. The van der Waals surface area contributed by atoms with E-state index in [2.05, 4.69) is 0 Å². The van der Waals surface area contributed by atoms with Gasteiger partial charge in [0.05, 0.1) is 11.6 Å². The Morgan fingerprint density at radius 1 is 1.54 bits per heavy atom. The maximum absolute atomic E-state index is 11.2. The van der Waals surface area contributed by atoms with Crippen molar-refractivity contribution in [3.63, 3.8) is 0 Å². The number of hydrogen-bond acceptors (Lipinski definition) is 2. The van der Waals surface area contributed by atoms with Crippen molar-refractivity contribution in [1.29, 1.82) is 0 Å². The molecule has 0 aliphatic carbocycles. The number of aliphatic carboxylic acids is 1. The summed E-state index contributed by atoms with van der Waals surface area (Å²) >= 11 is 0. The van der Waals surface area contributed by atoms with E-state index in [1.165, 1.54) is 9.13 Å². The number of hydrogen-bond donors (Lipinski definition) is 1. The molecule has 13 heavy (non-hydrogen) atoms. The van der Waals surface area contributed by atoms with E-state index in [0.29, 0.717) is 5.69 Å². The second kappa shape index (κ2) is 3.08. The van der Waals surface area contributed by atoms with E-state index >= 15 is 0 Å². The number of rotatable bonds is 2. The van der Waals surface area contributed by atoms with Gasteiger partial charge in [-0.05, 0) is 6.92 Å². The number of aromatic nitrogens is 2. The molecule has 1 aromatic heterocycles.